The van der Waals surface area contributed by atoms with Crippen molar-refractivity contribution in [1.29, 1.82) is 0 Å². The highest BCUT2D eigenvalue weighted by molar-refractivity contribution is 9.10. The number of fused-ring (bicyclic) bond motifs is 1. The van der Waals surface area contributed by atoms with Crippen molar-refractivity contribution in [2.24, 2.45) is 0 Å². The van der Waals surface area contributed by atoms with E-state index in [0.717, 1.165) is 4.90 Å². The third-order valence-corrected chi connectivity index (χ3v) is 5.21. The quantitative estimate of drug-likeness (QED) is 0.513. The predicted molar refractivity (Wildman–Crippen MR) is 112 cm³/mol. The van der Waals surface area contributed by atoms with Crippen molar-refractivity contribution in [2.45, 2.75) is 6.92 Å². The van der Waals surface area contributed by atoms with Crippen LogP contribution in [0.3, 0.4) is 0 Å². The molecule has 1 fully saturated rings. The fourth-order valence-electron chi connectivity index (χ4n) is 3.03. The molecule has 30 heavy (non-hydrogen) atoms. The summed E-state index contributed by atoms with van der Waals surface area (Å²) in [5, 5.41) is 2.49. The minimum atomic E-state index is -0.855. The molecule has 2 aromatic carbocycles. The maximum atomic E-state index is 13.0. The summed E-state index contributed by atoms with van der Waals surface area (Å²) in [6.07, 6.45) is 1.36. The van der Waals surface area contributed by atoms with Gasteiger partial charge in [-0.05, 0) is 58.8 Å². The van der Waals surface area contributed by atoms with Crippen molar-refractivity contribution >= 4 is 57.1 Å². The van der Waals surface area contributed by atoms with Gasteiger partial charge in [-0.15, -0.1) is 0 Å². The molecule has 4 amide bonds. The van der Waals surface area contributed by atoms with Crippen LogP contribution in [-0.4, -0.2) is 31.2 Å². The summed E-state index contributed by atoms with van der Waals surface area (Å²) in [5.41, 5.74) is 0.499. The number of benzene rings is 2. The van der Waals surface area contributed by atoms with Gasteiger partial charge in [-0.1, -0.05) is 11.6 Å². The van der Waals surface area contributed by atoms with Crippen molar-refractivity contribution in [3.63, 3.8) is 0 Å². The second-order valence-corrected chi connectivity index (χ2v) is 7.50. The fourth-order valence-corrected chi connectivity index (χ4v) is 4.02. The molecule has 4 rings (SSSR count). The smallest absolute Gasteiger partial charge is 0.335 e. The molecule has 154 valence electrons. The van der Waals surface area contributed by atoms with Crippen LogP contribution in [0.1, 0.15) is 12.5 Å². The summed E-state index contributed by atoms with van der Waals surface area (Å²) in [6.45, 7) is 2.30. The lowest BCUT2D eigenvalue weighted by Crippen LogP contribution is -2.54. The maximum Gasteiger partial charge on any atom is 0.335 e. The molecule has 1 saturated heterocycles. The normalized spacial score (nSPS) is 16.8. The first-order valence-corrected chi connectivity index (χ1v) is 9.99. The number of carbonyl (C=O) groups is 3. The number of imide groups is 2. The van der Waals surface area contributed by atoms with Gasteiger partial charge < -0.3 is 14.2 Å². The van der Waals surface area contributed by atoms with Crippen molar-refractivity contribution in [2.75, 3.05) is 18.3 Å². The second-order valence-electron chi connectivity index (χ2n) is 6.24. The molecule has 2 aliphatic heterocycles. The van der Waals surface area contributed by atoms with Crippen LogP contribution in [0.4, 0.5) is 10.5 Å². The zero-order valence-electron chi connectivity index (χ0n) is 15.5. The minimum absolute atomic E-state index is 0.0515. The number of ether oxygens (including phenoxy) is 3. The van der Waals surface area contributed by atoms with Crippen molar-refractivity contribution in [3.05, 3.63) is 51.0 Å². The summed E-state index contributed by atoms with van der Waals surface area (Å²) >= 11 is 9.61. The summed E-state index contributed by atoms with van der Waals surface area (Å²) in [4.78, 5) is 38.6. The Labute approximate surface area is 184 Å². The minimum Gasteiger partial charge on any atom is -0.491 e. The molecule has 0 aliphatic carbocycles. The topological polar surface area (TPSA) is 94.2 Å². The van der Waals surface area contributed by atoms with Gasteiger partial charge in [0.25, 0.3) is 11.8 Å². The van der Waals surface area contributed by atoms with Crippen LogP contribution < -0.4 is 24.4 Å². The van der Waals surface area contributed by atoms with Gasteiger partial charge in [-0.2, -0.15) is 0 Å². The lowest BCUT2D eigenvalue weighted by molar-refractivity contribution is -0.122. The summed E-state index contributed by atoms with van der Waals surface area (Å²) < 4.78 is 16.6. The van der Waals surface area contributed by atoms with Gasteiger partial charge in [0.05, 0.1) is 21.8 Å². The molecule has 2 aromatic rings. The molecule has 2 heterocycles. The highest BCUT2D eigenvalue weighted by Gasteiger charge is 2.37. The Bertz CT molecular complexity index is 1090. The van der Waals surface area contributed by atoms with Gasteiger partial charge >= 0.3 is 6.03 Å². The highest BCUT2D eigenvalue weighted by Crippen LogP contribution is 2.37. The molecule has 2 aliphatic rings. The Kier molecular flexibility index (Phi) is 5.40. The van der Waals surface area contributed by atoms with E-state index < -0.39 is 17.8 Å². The Balaban J connectivity index is 1.71. The molecular formula is C20H14BrClN2O6. The van der Waals surface area contributed by atoms with Crippen molar-refractivity contribution < 1.29 is 28.6 Å². The first kappa shape index (κ1) is 20.2. The molecule has 10 heteroatoms. The third-order valence-electron chi connectivity index (χ3n) is 4.34. The third kappa shape index (κ3) is 3.61. The average molecular weight is 494 g/mol. The van der Waals surface area contributed by atoms with E-state index in [1.165, 1.54) is 18.2 Å². The van der Waals surface area contributed by atoms with Crippen LogP contribution in [0, 0.1) is 0 Å². The number of nitrogens with zero attached hydrogens (tertiary/aromatic N) is 1. The van der Waals surface area contributed by atoms with Crippen LogP contribution in [0.5, 0.6) is 17.2 Å². The maximum absolute atomic E-state index is 13.0. The Morgan fingerprint density at radius 2 is 1.97 bits per heavy atom. The number of nitrogens with one attached hydrogen (secondary N) is 1. The van der Waals surface area contributed by atoms with E-state index >= 15 is 0 Å². The van der Waals surface area contributed by atoms with Crippen LogP contribution in [0.2, 0.25) is 5.02 Å². The van der Waals surface area contributed by atoms with Gasteiger partial charge in [-0.3, -0.25) is 14.9 Å². The molecule has 0 atom stereocenters. The number of urea groups is 1. The summed E-state index contributed by atoms with van der Waals surface area (Å²) in [7, 11) is 0. The van der Waals surface area contributed by atoms with Crippen molar-refractivity contribution in [1.82, 2.24) is 5.32 Å². The monoisotopic (exact) mass is 492 g/mol. The molecule has 0 unspecified atom stereocenters. The summed E-state index contributed by atoms with van der Waals surface area (Å²) in [5.74, 6) is -0.216. The Hall–Kier alpha value is -3.04. The van der Waals surface area contributed by atoms with Crippen LogP contribution in [-0.2, 0) is 9.59 Å². The van der Waals surface area contributed by atoms with Crippen LogP contribution in [0.25, 0.3) is 6.08 Å². The lowest BCUT2D eigenvalue weighted by atomic mass is 10.1. The van der Waals surface area contributed by atoms with E-state index in [4.69, 9.17) is 25.8 Å². The van der Waals surface area contributed by atoms with Gasteiger partial charge in [0.1, 0.15) is 5.57 Å². The van der Waals surface area contributed by atoms with Gasteiger partial charge in [0.15, 0.2) is 17.2 Å². The van der Waals surface area contributed by atoms with Crippen LogP contribution >= 0.6 is 27.5 Å². The number of barbiturate groups is 1. The average Bonchev–Trinajstić information content (AvgIpc) is 3.16. The lowest BCUT2D eigenvalue weighted by Gasteiger charge is -2.26. The number of halogens is 2. The van der Waals surface area contributed by atoms with E-state index in [0.29, 0.717) is 38.9 Å². The summed E-state index contributed by atoms with van der Waals surface area (Å²) in [6, 6.07) is 6.98. The number of amides is 4. The predicted octanol–water partition coefficient (Wildman–Crippen LogP) is 3.90. The van der Waals surface area contributed by atoms with Gasteiger partial charge in [0.2, 0.25) is 6.79 Å². The fraction of sp³-hybridized carbons (Fsp3) is 0.150. The number of rotatable bonds is 4. The van der Waals surface area contributed by atoms with Gasteiger partial charge in [0, 0.05) is 6.07 Å². The molecule has 0 saturated carbocycles. The van der Waals surface area contributed by atoms with Gasteiger partial charge in [-0.25, -0.2) is 9.69 Å². The van der Waals surface area contributed by atoms with E-state index in [9.17, 15) is 14.4 Å². The molecule has 0 spiro atoms. The molecule has 0 bridgehead atoms. The molecule has 0 radical (unpaired) electrons. The number of carbonyl (C=O) groups excluding carboxylic acids is 3. The second kappa shape index (κ2) is 8.00. The highest BCUT2D eigenvalue weighted by atomic mass is 79.9. The Morgan fingerprint density at radius 1 is 1.20 bits per heavy atom. The number of hydrogen-bond acceptors (Lipinski definition) is 6. The van der Waals surface area contributed by atoms with Crippen molar-refractivity contribution in [3.8, 4) is 17.2 Å². The molecule has 0 aromatic heterocycles. The van der Waals surface area contributed by atoms with E-state index in [-0.39, 0.29) is 18.1 Å². The molecule has 1 N–H and O–H groups in total. The number of hydrogen-bond donors (Lipinski definition) is 1. The first-order chi connectivity index (χ1) is 14.4. The van der Waals surface area contributed by atoms with E-state index in [2.05, 4.69) is 21.2 Å². The SMILES string of the molecule is CCOc1c(Cl)cc(/C=C2\C(=O)NC(=O)N(c3ccc4c(c3)OCO4)C2=O)cc1Br. The molecular weight excluding hydrogens is 480 g/mol. The van der Waals surface area contributed by atoms with Crippen LogP contribution in [0.15, 0.2) is 40.4 Å². The number of anilines is 1. The van der Waals surface area contributed by atoms with E-state index in [1.807, 2.05) is 6.92 Å². The zero-order valence-corrected chi connectivity index (χ0v) is 17.9. The molecule has 8 nitrogen and oxygen atoms in total. The standard InChI is InChI=1S/C20H14BrClN2O6/c1-2-28-17-13(21)6-10(7-14(17)22)5-12-18(25)23-20(27)24(19(12)26)11-3-4-15-16(8-11)30-9-29-15/h3-8H,2,9H2,1H3,(H,23,25,27)/b12-5+. The Morgan fingerprint density at radius 3 is 2.70 bits per heavy atom. The first-order valence-electron chi connectivity index (χ1n) is 8.82. The van der Waals surface area contributed by atoms with E-state index in [1.54, 1.807) is 18.2 Å². The zero-order chi connectivity index (χ0) is 21.4. The largest absolute Gasteiger partial charge is 0.491 e.